The van der Waals surface area contributed by atoms with E-state index in [1.807, 2.05) is 12.3 Å². The molecule has 0 aliphatic heterocycles. The minimum Gasteiger partial charge on any atom is -0.377 e. The Morgan fingerprint density at radius 1 is 1.32 bits per heavy atom. The van der Waals surface area contributed by atoms with Crippen molar-refractivity contribution in [1.29, 1.82) is 0 Å². The first-order valence-corrected chi connectivity index (χ1v) is 7.00. The number of hydrogen-bond acceptors (Lipinski definition) is 4. The first kappa shape index (κ1) is 15.9. The third-order valence-corrected chi connectivity index (χ3v) is 2.81. The second kappa shape index (κ2) is 8.12. The van der Waals surface area contributed by atoms with E-state index >= 15 is 0 Å². The number of likely N-dealkylation sites (N-methyl/N-ethyl adjacent to an activating group) is 1. The molecule has 1 aromatic rings. The maximum atomic E-state index is 5.59. The van der Waals surface area contributed by atoms with Gasteiger partial charge in [-0.05, 0) is 19.9 Å². The summed E-state index contributed by atoms with van der Waals surface area (Å²) in [5.41, 5.74) is 1.23. The molecule has 0 unspecified atom stereocenters. The van der Waals surface area contributed by atoms with Crippen molar-refractivity contribution in [3.05, 3.63) is 23.9 Å². The zero-order valence-corrected chi connectivity index (χ0v) is 12.8. The van der Waals surface area contributed by atoms with Crippen LogP contribution < -0.4 is 10.2 Å². The highest BCUT2D eigenvalue weighted by atomic mass is 16.5. The molecule has 0 saturated heterocycles. The van der Waals surface area contributed by atoms with Crippen LogP contribution in [0, 0.1) is 0 Å². The van der Waals surface area contributed by atoms with Crippen molar-refractivity contribution >= 4 is 5.82 Å². The van der Waals surface area contributed by atoms with Crippen molar-refractivity contribution < 1.29 is 4.74 Å². The highest BCUT2D eigenvalue weighted by Gasteiger charge is 2.09. The van der Waals surface area contributed by atoms with Crippen LogP contribution in [0.1, 0.15) is 33.3 Å². The molecular formula is C15H27N3O. The van der Waals surface area contributed by atoms with Gasteiger partial charge in [0.15, 0.2) is 0 Å². The standard InChI is InChI=1S/C15H27N3O/c1-12(2)17-11-14-7-6-8-16-15(14)18(5)9-10-19-13(3)4/h6-8,12-13,17H,9-11H2,1-5H3. The molecule has 1 rings (SSSR count). The molecule has 0 bridgehead atoms. The summed E-state index contributed by atoms with van der Waals surface area (Å²) in [6, 6.07) is 4.58. The zero-order chi connectivity index (χ0) is 14.3. The predicted octanol–water partition coefficient (Wildman–Crippen LogP) is 2.44. The van der Waals surface area contributed by atoms with Gasteiger partial charge in [-0.25, -0.2) is 4.98 Å². The lowest BCUT2D eigenvalue weighted by Gasteiger charge is -2.22. The van der Waals surface area contributed by atoms with Crippen LogP contribution in [0.2, 0.25) is 0 Å². The maximum absolute atomic E-state index is 5.59. The fourth-order valence-electron chi connectivity index (χ4n) is 1.76. The summed E-state index contributed by atoms with van der Waals surface area (Å²) >= 11 is 0. The summed E-state index contributed by atoms with van der Waals surface area (Å²) in [7, 11) is 2.06. The van der Waals surface area contributed by atoms with Gasteiger partial charge in [0, 0.05) is 37.9 Å². The van der Waals surface area contributed by atoms with Crippen LogP contribution in [0.4, 0.5) is 5.82 Å². The van der Waals surface area contributed by atoms with Gasteiger partial charge in [-0.2, -0.15) is 0 Å². The summed E-state index contributed by atoms with van der Waals surface area (Å²) in [6.07, 6.45) is 2.12. The van der Waals surface area contributed by atoms with Gasteiger partial charge in [0.2, 0.25) is 0 Å². The minimum atomic E-state index is 0.277. The average Bonchev–Trinajstić information content (AvgIpc) is 2.36. The minimum absolute atomic E-state index is 0.277. The van der Waals surface area contributed by atoms with Gasteiger partial charge in [0.25, 0.3) is 0 Å². The fraction of sp³-hybridized carbons (Fsp3) is 0.667. The summed E-state index contributed by atoms with van der Waals surface area (Å²) in [4.78, 5) is 6.64. The summed E-state index contributed by atoms with van der Waals surface area (Å²) in [6.45, 7) is 10.8. The van der Waals surface area contributed by atoms with E-state index < -0.39 is 0 Å². The zero-order valence-electron chi connectivity index (χ0n) is 12.8. The Morgan fingerprint density at radius 3 is 2.68 bits per heavy atom. The molecule has 0 aliphatic carbocycles. The van der Waals surface area contributed by atoms with Crippen molar-refractivity contribution in [3.8, 4) is 0 Å². The van der Waals surface area contributed by atoms with E-state index in [1.165, 1.54) is 5.56 Å². The lowest BCUT2D eigenvalue weighted by Crippen LogP contribution is -2.28. The fourth-order valence-corrected chi connectivity index (χ4v) is 1.76. The lowest BCUT2D eigenvalue weighted by atomic mass is 10.2. The Balaban J connectivity index is 2.59. The van der Waals surface area contributed by atoms with Gasteiger partial charge in [0.05, 0.1) is 12.7 Å². The number of nitrogens with zero attached hydrogens (tertiary/aromatic N) is 2. The van der Waals surface area contributed by atoms with Crippen molar-refractivity contribution in [3.63, 3.8) is 0 Å². The number of pyridine rings is 1. The van der Waals surface area contributed by atoms with E-state index in [4.69, 9.17) is 4.74 Å². The van der Waals surface area contributed by atoms with Crippen LogP contribution >= 0.6 is 0 Å². The largest absolute Gasteiger partial charge is 0.377 e. The van der Waals surface area contributed by atoms with Crippen LogP contribution in [0.25, 0.3) is 0 Å². The SMILES string of the molecule is CC(C)NCc1cccnc1N(C)CCOC(C)C. The molecule has 19 heavy (non-hydrogen) atoms. The molecule has 0 fully saturated rings. The Morgan fingerprint density at radius 2 is 2.05 bits per heavy atom. The van der Waals surface area contributed by atoms with Crippen molar-refractivity contribution in [2.24, 2.45) is 0 Å². The van der Waals surface area contributed by atoms with Gasteiger partial charge in [-0.3, -0.25) is 0 Å². The van der Waals surface area contributed by atoms with E-state index in [9.17, 15) is 0 Å². The summed E-state index contributed by atoms with van der Waals surface area (Å²) in [5, 5.41) is 3.43. The second-order valence-electron chi connectivity index (χ2n) is 5.36. The topological polar surface area (TPSA) is 37.4 Å². The molecule has 1 aromatic heterocycles. The second-order valence-corrected chi connectivity index (χ2v) is 5.36. The number of hydrogen-bond donors (Lipinski definition) is 1. The molecule has 0 saturated carbocycles. The Kier molecular flexibility index (Phi) is 6.81. The highest BCUT2D eigenvalue weighted by molar-refractivity contribution is 5.45. The van der Waals surface area contributed by atoms with Crippen LogP contribution in [0.3, 0.4) is 0 Å². The maximum Gasteiger partial charge on any atom is 0.132 e. The van der Waals surface area contributed by atoms with Gasteiger partial charge < -0.3 is 15.0 Å². The molecule has 0 amide bonds. The molecule has 1 N–H and O–H groups in total. The molecule has 4 heteroatoms. The van der Waals surface area contributed by atoms with E-state index in [1.54, 1.807) is 0 Å². The summed E-state index contributed by atoms with van der Waals surface area (Å²) < 4.78 is 5.59. The third kappa shape index (κ3) is 6.03. The van der Waals surface area contributed by atoms with Gasteiger partial charge in [0.1, 0.15) is 5.82 Å². The Labute approximate surface area is 117 Å². The number of nitrogens with one attached hydrogen (secondary N) is 1. The Bertz CT molecular complexity index is 366. The monoisotopic (exact) mass is 265 g/mol. The first-order valence-electron chi connectivity index (χ1n) is 7.00. The van der Waals surface area contributed by atoms with Crippen LogP contribution in [0.15, 0.2) is 18.3 Å². The number of rotatable bonds is 8. The molecule has 0 aromatic carbocycles. The van der Waals surface area contributed by atoms with Crippen molar-refractivity contribution in [1.82, 2.24) is 10.3 Å². The van der Waals surface area contributed by atoms with Gasteiger partial charge >= 0.3 is 0 Å². The molecule has 0 atom stereocenters. The first-order chi connectivity index (χ1) is 9.00. The van der Waals surface area contributed by atoms with Gasteiger partial charge in [-0.1, -0.05) is 19.9 Å². The molecular weight excluding hydrogens is 238 g/mol. The van der Waals surface area contributed by atoms with E-state index in [0.29, 0.717) is 6.04 Å². The molecule has 0 radical (unpaired) electrons. The third-order valence-electron chi connectivity index (χ3n) is 2.81. The van der Waals surface area contributed by atoms with Crippen molar-refractivity contribution in [2.75, 3.05) is 25.1 Å². The van der Waals surface area contributed by atoms with Crippen molar-refractivity contribution in [2.45, 2.75) is 46.4 Å². The van der Waals surface area contributed by atoms with Gasteiger partial charge in [-0.15, -0.1) is 0 Å². The van der Waals surface area contributed by atoms with E-state index in [2.05, 4.69) is 56.0 Å². The smallest absolute Gasteiger partial charge is 0.132 e. The number of aromatic nitrogens is 1. The average molecular weight is 265 g/mol. The molecule has 0 spiro atoms. The highest BCUT2D eigenvalue weighted by Crippen LogP contribution is 2.15. The van der Waals surface area contributed by atoms with E-state index in [0.717, 1.165) is 25.5 Å². The van der Waals surface area contributed by atoms with Crippen LogP contribution in [-0.2, 0) is 11.3 Å². The lowest BCUT2D eigenvalue weighted by molar-refractivity contribution is 0.0845. The molecule has 0 aliphatic rings. The predicted molar refractivity (Wildman–Crippen MR) is 80.6 cm³/mol. The Hall–Kier alpha value is -1.13. The summed E-state index contributed by atoms with van der Waals surface area (Å²) in [5.74, 6) is 1.03. The molecule has 108 valence electrons. The van der Waals surface area contributed by atoms with Crippen LogP contribution in [0.5, 0.6) is 0 Å². The normalized spacial score (nSPS) is 11.3. The van der Waals surface area contributed by atoms with Crippen LogP contribution in [-0.4, -0.2) is 37.3 Å². The number of ether oxygens (including phenoxy) is 1. The molecule has 1 heterocycles. The molecule has 4 nitrogen and oxygen atoms in total. The van der Waals surface area contributed by atoms with E-state index in [-0.39, 0.29) is 6.10 Å². The quantitative estimate of drug-likeness (QED) is 0.783. The number of anilines is 1.